The SMILES string of the molecule is c1ccc(CN2CN(Cc3ccccn3)c3ccccc32)nc1. The van der Waals surface area contributed by atoms with Crippen LogP contribution in [0, 0.1) is 0 Å². The van der Waals surface area contributed by atoms with Crippen LogP contribution in [0.15, 0.2) is 73.1 Å². The van der Waals surface area contributed by atoms with Crippen LogP contribution in [0.25, 0.3) is 0 Å². The number of nitrogens with zero attached hydrogens (tertiary/aromatic N) is 4. The summed E-state index contributed by atoms with van der Waals surface area (Å²) in [5.41, 5.74) is 4.69. The molecule has 114 valence electrons. The molecular weight excluding hydrogens is 284 g/mol. The highest BCUT2D eigenvalue weighted by molar-refractivity contribution is 5.76. The fraction of sp³-hybridized carbons (Fsp3) is 0.158. The molecule has 1 aliphatic rings. The first-order valence-corrected chi connectivity index (χ1v) is 7.79. The van der Waals surface area contributed by atoms with E-state index in [9.17, 15) is 0 Å². The normalized spacial score (nSPS) is 13.2. The topological polar surface area (TPSA) is 32.3 Å². The Kier molecular flexibility index (Phi) is 3.64. The summed E-state index contributed by atoms with van der Waals surface area (Å²) < 4.78 is 0. The van der Waals surface area contributed by atoms with Gasteiger partial charge in [-0.2, -0.15) is 0 Å². The molecule has 0 unspecified atom stereocenters. The Labute approximate surface area is 136 Å². The minimum absolute atomic E-state index is 0.816. The molecule has 0 amide bonds. The number of rotatable bonds is 4. The number of para-hydroxylation sites is 2. The number of hydrogen-bond donors (Lipinski definition) is 0. The van der Waals surface area contributed by atoms with Crippen LogP contribution in [0.2, 0.25) is 0 Å². The van der Waals surface area contributed by atoms with Crippen molar-refractivity contribution in [2.75, 3.05) is 16.5 Å². The second kappa shape index (κ2) is 6.08. The molecule has 4 rings (SSSR count). The number of hydrogen-bond acceptors (Lipinski definition) is 4. The molecule has 4 heteroatoms. The van der Waals surface area contributed by atoms with Crippen molar-refractivity contribution in [3.63, 3.8) is 0 Å². The monoisotopic (exact) mass is 302 g/mol. The standard InChI is InChI=1S/C19H18N4/c1-2-10-19-18(9-1)22(13-16-7-3-5-11-20-16)15-23(19)14-17-8-4-6-12-21-17/h1-12H,13-15H2. The van der Waals surface area contributed by atoms with Crippen molar-refractivity contribution in [2.45, 2.75) is 13.1 Å². The summed E-state index contributed by atoms with van der Waals surface area (Å²) in [5.74, 6) is 0. The maximum absolute atomic E-state index is 4.45. The summed E-state index contributed by atoms with van der Waals surface area (Å²) in [6, 6.07) is 20.7. The van der Waals surface area contributed by atoms with Crippen LogP contribution < -0.4 is 9.80 Å². The van der Waals surface area contributed by atoms with E-state index in [2.05, 4.69) is 56.2 Å². The van der Waals surface area contributed by atoms with Gasteiger partial charge in [-0.25, -0.2) is 0 Å². The Balaban J connectivity index is 1.59. The van der Waals surface area contributed by atoms with Gasteiger partial charge in [0.2, 0.25) is 0 Å². The third-order valence-corrected chi connectivity index (χ3v) is 4.06. The molecule has 0 aliphatic carbocycles. The number of fused-ring (bicyclic) bond motifs is 1. The van der Waals surface area contributed by atoms with Gasteiger partial charge in [0.25, 0.3) is 0 Å². The van der Waals surface area contributed by atoms with Crippen molar-refractivity contribution < 1.29 is 0 Å². The maximum atomic E-state index is 4.45. The molecule has 3 aromatic rings. The first kappa shape index (κ1) is 13.8. The molecule has 0 atom stereocenters. The Morgan fingerprint density at radius 2 is 1.13 bits per heavy atom. The van der Waals surface area contributed by atoms with E-state index >= 15 is 0 Å². The minimum Gasteiger partial charge on any atom is -0.346 e. The van der Waals surface area contributed by atoms with Crippen LogP contribution in [0.4, 0.5) is 11.4 Å². The molecule has 0 spiro atoms. The largest absolute Gasteiger partial charge is 0.346 e. The van der Waals surface area contributed by atoms with Crippen molar-refractivity contribution in [3.8, 4) is 0 Å². The molecular formula is C19H18N4. The van der Waals surface area contributed by atoms with Crippen molar-refractivity contribution in [3.05, 3.63) is 84.4 Å². The first-order chi connectivity index (χ1) is 11.4. The summed E-state index contributed by atoms with van der Waals surface area (Å²) in [7, 11) is 0. The predicted molar refractivity (Wildman–Crippen MR) is 92.1 cm³/mol. The molecule has 0 saturated heterocycles. The highest BCUT2D eigenvalue weighted by Gasteiger charge is 2.25. The second-order valence-corrected chi connectivity index (χ2v) is 5.67. The van der Waals surface area contributed by atoms with Crippen LogP contribution >= 0.6 is 0 Å². The fourth-order valence-electron chi connectivity index (χ4n) is 3.00. The lowest BCUT2D eigenvalue weighted by Gasteiger charge is -2.21. The van der Waals surface area contributed by atoms with Gasteiger partial charge in [0.1, 0.15) is 0 Å². The fourth-order valence-corrected chi connectivity index (χ4v) is 3.00. The summed E-state index contributed by atoms with van der Waals surface area (Å²) in [6.07, 6.45) is 3.70. The van der Waals surface area contributed by atoms with Gasteiger partial charge < -0.3 is 9.80 Å². The third-order valence-electron chi connectivity index (χ3n) is 4.06. The van der Waals surface area contributed by atoms with Gasteiger partial charge in [0.15, 0.2) is 0 Å². The average molecular weight is 302 g/mol. The predicted octanol–water partition coefficient (Wildman–Crippen LogP) is 3.46. The zero-order valence-corrected chi connectivity index (χ0v) is 12.8. The van der Waals surface area contributed by atoms with Gasteiger partial charge in [0, 0.05) is 12.4 Å². The molecule has 1 aromatic carbocycles. The highest BCUT2D eigenvalue weighted by atomic mass is 15.4. The molecule has 23 heavy (non-hydrogen) atoms. The molecule has 0 saturated carbocycles. The van der Waals surface area contributed by atoms with E-state index in [1.165, 1.54) is 11.4 Å². The Hall–Kier alpha value is -2.88. The van der Waals surface area contributed by atoms with Crippen LogP contribution in [0.3, 0.4) is 0 Å². The molecule has 2 aromatic heterocycles. The van der Waals surface area contributed by atoms with E-state index in [0.717, 1.165) is 31.1 Å². The molecule has 4 nitrogen and oxygen atoms in total. The van der Waals surface area contributed by atoms with Crippen molar-refractivity contribution >= 4 is 11.4 Å². The average Bonchev–Trinajstić information content (AvgIpc) is 2.95. The number of pyridine rings is 2. The molecule has 0 fully saturated rings. The third kappa shape index (κ3) is 2.88. The molecule has 1 aliphatic heterocycles. The van der Waals surface area contributed by atoms with E-state index in [0.29, 0.717) is 0 Å². The summed E-state index contributed by atoms with van der Waals surface area (Å²) in [4.78, 5) is 13.6. The Morgan fingerprint density at radius 1 is 0.652 bits per heavy atom. The minimum atomic E-state index is 0.816. The van der Waals surface area contributed by atoms with Gasteiger partial charge >= 0.3 is 0 Å². The van der Waals surface area contributed by atoms with Gasteiger partial charge in [-0.3, -0.25) is 9.97 Å². The quantitative estimate of drug-likeness (QED) is 0.739. The Morgan fingerprint density at radius 3 is 1.57 bits per heavy atom. The van der Waals surface area contributed by atoms with Gasteiger partial charge in [0.05, 0.1) is 42.5 Å². The van der Waals surface area contributed by atoms with Crippen LogP contribution in [0.1, 0.15) is 11.4 Å². The maximum Gasteiger partial charge on any atom is 0.0912 e. The van der Waals surface area contributed by atoms with Gasteiger partial charge in [-0.15, -0.1) is 0 Å². The zero-order chi connectivity index (χ0) is 15.5. The molecule has 0 N–H and O–H groups in total. The van der Waals surface area contributed by atoms with Crippen LogP contribution in [-0.2, 0) is 13.1 Å². The van der Waals surface area contributed by atoms with Crippen molar-refractivity contribution in [1.82, 2.24) is 9.97 Å². The summed E-state index contributed by atoms with van der Waals surface area (Å²) >= 11 is 0. The Bertz CT molecular complexity index is 707. The van der Waals surface area contributed by atoms with E-state index in [1.54, 1.807) is 0 Å². The summed E-state index contributed by atoms with van der Waals surface area (Å²) in [5, 5.41) is 0. The highest BCUT2D eigenvalue weighted by Crippen LogP contribution is 2.37. The lowest BCUT2D eigenvalue weighted by Crippen LogP contribution is -2.30. The number of benzene rings is 1. The van der Waals surface area contributed by atoms with Gasteiger partial charge in [-0.05, 0) is 36.4 Å². The van der Waals surface area contributed by atoms with Gasteiger partial charge in [-0.1, -0.05) is 24.3 Å². The molecule has 3 heterocycles. The number of anilines is 2. The van der Waals surface area contributed by atoms with E-state index in [1.807, 2.05) is 36.7 Å². The molecule has 0 radical (unpaired) electrons. The smallest absolute Gasteiger partial charge is 0.0912 e. The summed E-state index contributed by atoms with van der Waals surface area (Å²) in [6.45, 7) is 2.49. The van der Waals surface area contributed by atoms with Crippen LogP contribution in [-0.4, -0.2) is 16.6 Å². The first-order valence-electron chi connectivity index (χ1n) is 7.79. The molecule has 0 bridgehead atoms. The lowest BCUT2D eigenvalue weighted by atomic mass is 10.2. The van der Waals surface area contributed by atoms with E-state index in [-0.39, 0.29) is 0 Å². The van der Waals surface area contributed by atoms with Crippen LogP contribution in [0.5, 0.6) is 0 Å². The number of aromatic nitrogens is 2. The second-order valence-electron chi connectivity index (χ2n) is 5.67. The van der Waals surface area contributed by atoms with Crippen molar-refractivity contribution in [1.29, 1.82) is 0 Å². The van der Waals surface area contributed by atoms with E-state index < -0.39 is 0 Å². The van der Waals surface area contributed by atoms with E-state index in [4.69, 9.17) is 0 Å². The zero-order valence-electron chi connectivity index (χ0n) is 12.8. The van der Waals surface area contributed by atoms with Crippen molar-refractivity contribution in [2.24, 2.45) is 0 Å². The lowest BCUT2D eigenvalue weighted by molar-refractivity contribution is 0.744.